The number of halogens is 4. The van der Waals surface area contributed by atoms with Gasteiger partial charge >= 0.3 is 6.18 Å². The molecule has 2 fully saturated rings. The van der Waals surface area contributed by atoms with Crippen LogP contribution in [-0.2, 0) is 9.53 Å². The summed E-state index contributed by atoms with van der Waals surface area (Å²) in [5.41, 5.74) is 0. The minimum atomic E-state index is -4.21. The van der Waals surface area contributed by atoms with Crippen molar-refractivity contribution in [3.05, 3.63) is 41.1 Å². The minimum Gasteiger partial charge on any atom is -0.484 e. The van der Waals surface area contributed by atoms with Gasteiger partial charge in [0.15, 0.2) is 6.61 Å². The molecular weight excluding hydrogens is 453 g/mol. The predicted molar refractivity (Wildman–Crippen MR) is 106 cm³/mol. The van der Waals surface area contributed by atoms with Crippen LogP contribution >= 0.6 is 11.6 Å². The Labute approximate surface area is 187 Å². The lowest BCUT2D eigenvalue weighted by atomic mass is 10.0. The predicted octanol–water partition coefficient (Wildman–Crippen LogP) is 3.10. The highest BCUT2D eigenvalue weighted by Gasteiger charge is 2.40. The first kappa shape index (κ1) is 22.8. The quantitative estimate of drug-likeness (QED) is 0.659. The van der Waals surface area contributed by atoms with Crippen LogP contribution in [0.25, 0.3) is 0 Å². The first-order valence-corrected chi connectivity index (χ1v) is 10.5. The van der Waals surface area contributed by atoms with E-state index in [1.165, 1.54) is 4.90 Å². The Kier molecular flexibility index (Phi) is 6.87. The highest BCUT2D eigenvalue weighted by Crippen LogP contribution is 2.32. The van der Waals surface area contributed by atoms with Crippen LogP contribution in [0.3, 0.4) is 0 Å². The molecule has 2 atom stereocenters. The average Bonchev–Trinajstić information content (AvgIpc) is 3.19. The number of alkyl halides is 3. The SMILES string of the molecule is O=C(COc1ccc(Cl)cc1)N[C@@H]1CC[C@@H](c2nnc(C3CN(CC(F)(F)F)C3)o2)OC1. The molecule has 1 amide bonds. The van der Waals surface area contributed by atoms with Gasteiger partial charge in [0.2, 0.25) is 11.8 Å². The Balaban J connectivity index is 1.17. The molecule has 3 heterocycles. The maximum atomic E-state index is 12.4. The summed E-state index contributed by atoms with van der Waals surface area (Å²) >= 11 is 5.81. The van der Waals surface area contributed by atoms with Crippen LogP contribution in [-0.4, -0.2) is 66.1 Å². The second-order valence-corrected chi connectivity index (χ2v) is 8.33. The first-order chi connectivity index (χ1) is 15.2. The maximum absolute atomic E-state index is 12.4. The van der Waals surface area contributed by atoms with E-state index in [2.05, 4.69) is 15.5 Å². The van der Waals surface area contributed by atoms with Crippen LogP contribution in [0.15, 0.2) is 28.7 Å². The molecule has 1 N–H and O–H groups in total. The number of hydrogen-bond acceptors (Lipinski definition) is 7. The lowest BCUT2D eigenvalue weighted by Gasteiger charge is -2.37. The summed E-state index contributed by atoms with van der Waals surface area (Å²) in [4.78, 5) is 13.4. The van der Waals surface area contributed by atoms with Gasteiger partial charge in [-0.2, -0.15) is 13.2 Å². The molecule has 12 heteroatoms. The number of hydrogen-bond donors (Lipinski definition) is 1. The van der Waals surface area contributed by atoms with Crippen LogP contribution < -0.4 is 10.1 Å². The van der Waals surface area contributed by atoms with Crippen LogP contribution in [0.4, 0.5) is 13.2 Å². The Morgan fingerprint density at radius 3 is 2.56 bits per heavy atom. The summed E-state index contributed by atoms with van der Waals surface area (Å²) in [6.45, 7) is -0.314. The molecule has 0 saturated carbocycles. The van der Waals surface area contributed by atoms with E-state index in [1.807, 2.05) is 0 Å². The smallest absolute Gasteiger partial charge is 0.401 e. The van der Waals surface area contributed by atoms with E-state index in [-0.39, 0.29) is 44.2 Å². The maximum Gasteiger partial charge on any atom is 0.401 e. The summed E-state index contributed by atoms with van der Waals surface area (Å²) in [5, 5.41) is 11.4. The van der Waals surface area contributed by atoms with Gasteiger partial charge in [0.25, 0.3) is 5.91 Å². The van der Waals surface area contributed by atoms with Crippen LogP contribution in [0.1, 0.15) is 36.6 Å². The number of ether oxygens (including phenoxy) is 2. The van der Waals surface area contributed by atoms with Crippen molar-refractivity contribution in [3.8, 4) is 5.75 Å². The number of nitrogens with one attached hydrogen (secondary N) is 1. The van der Waals surface area contributed by atoms with Gasteiger partial charge < -0.3 is 19.2 Å². The van der Waals surface area contributed by atoms with Gasteiger partial charge in [-0.3, -0.25) is 9.69 Å². The number of carbonyl (C=O) groups excluding carboxylic acids is 1. The molecule has 0 aliphatic carbocycles. The summed E-state index contributed by atoms with van der Waals surface area (Å²) < 4.78 is 54.0. The summed E-state index contributed by atoms with van der Waals surface area (Å²) in [6.07, 6.45) is -3.40. The Hall–Kier alpha value is -2.37. The fourth-order valence-electron chi connectivity index (χ4n) is 3.66. The van der Waals surface area contributed by atoms with Crippen LogP contribution in [0, 0.1) is 0 Å². The molecule has 2 saturated heterocycles. The van der Waals surface area contributed by atoms with Crippen LogP contribution in [0.5, 0.6) is 5.75 Å². The molecule has 4 rings (SSSR count). The van der Waals surface area contributed by atoms with E-state index in [1.54, 1.807) is 24.3 Å². The number of carbonyl (C=O) groups is 1. The molecule has 0 bridgehead atoms. The summed E-state index contributed by atoms with van der Waals surface area (Å²) in [5.74, 6) is 0.724. The fraction of sp³-hybridized carbons (Fsp3) is 0.550. The van der Waals surface area contributed by atoms with Crippen molar-refractivity contribution < 1.29 is 31.9 Å². The lowest BCUT2D eigenvalue weighted by molar-refractivity contribution is -0.155. The highest BCUT2D eigenvalue weighted by molar-refractivity contribution is 6.30. The number of amides is 1. The molecular formula is C20H22ClF3N4O4. The topological polar surface area (TPSA) is 89.7 Å². The molecule has 1 aromatic heterocycles. The van der Waals surface area contributed by atoms with Crippen molar-refractivity contribution in [2.45, 2.75) is 37.1 Å². The first-order valence-electron chi connectivity index (χ1n) is 10.2. The number of benzene rings is 1. The lowest BCUT2D eigenvalue weighted by Crippen LogP contribution is -2.49. The Bertz CT molecular complexity index is 910. The Morgan fingerprint density at radius 2 is 1.91 bits per heavy atom. The second kappa shape index (κ2) is 9.63. The van der Waals surface area contributed by atoms with E-state index in [0.29, 0.717) is 35.4 Å². The van der Waals surface area contributed by atoms with Gasteiger partial charge in [0.05, 0.1) is 25.1 Å². The molecule has 0 unspecified atom stereocenters. The molecule has 8 nitrogen and oxygen atoms in total. The van der Waals surface area contributed by atoms with E-state index >= 15 is 0 Å². The third-order valence-electron chi connectivity index (χ3n) is 5.27. The molecule has 32 heavy (non-hydrogen) atoms. The number of aromatic nitrogens is 2. The molecule has 0 radical (unpaired) electrons. The van der Waals surface area contributed by atoms with E-state index < -0.39 is 18.8 Å². The zero-order chi connectivity index (χ0) is 22.7. The van der Waals surface area contributed by atoms with Crippen molar-refractivity contribution in [1.82, 2.24) is 20.4 Å². The van der Waals surface area contributed by atoms with Crippen molar-refractivity contribution in [2.75, 3.05) is 32.8 Å². The largest absolute Gasteiger partial charge is 0.484 e. The van der Waals surface area contributed by atoms with Gasteiger partial charge in [-0.15, -0.1) is 10.2 Å². The standard InChI is InChI=1S/C20H22ClF3N4O4/c21-13-1-4-15(5-2-13)30-10-17(29)25-14-3-6-16(31-9-14)19-27-26-18(32-19)12-7-28(8-12)11-20(22,23)24/h1-2,4-5,12,14,16H,3,6-11H2,(H,25,29)/t14-,16+/m1/s1. The normalized spacial score (nSPS) is 22.4. The summed E-state index contributed by atoms with van der Waals surface area (Å²) in [6, 6.07) is 6.55. The minimum absolute atomic E-state index is 0.124. The van der Waals surface area contributed by atoms with Gasteiger partial charge in [-0.05, 0) is 37.1 Å². The molecule has 2 aromatic rings. The third-order valence-corrected chi connectivity index (χ3v) is 5.52. The van der Waals surface area contributed by atoms with Gasteiger partial charge in [-0.1, -0.05) is 11.6 Å². The molecule has 2 aliphatic rings. The van der Waals surface area contributed by atoms with Crippen molar-refractivity contribution in [3.63, 3.8) is 0 Å². The molecule has 174 valence electrons. The number of rotatable bonds is 7. The Morgan fingerprint density at radius 1 is 1.19 bits per heavy atom. The van der Waals surface area contributed by atoms with Crippen molar-refractivity contribution in [1.29, 1.82) is 0 Å². The van der Waals surface area contributed by atoms with E-state index in [4.69, 9.17) is 25.5 Å². The molecule has 1 aromatic carbocycles. The van der Waals surface area contributed by atoms with Gasteiger partial charge in [-0.25, -0.2) is 0 Å². The van der Waals surface area contributed by atoms with Gasteiger partial charge in [0.1, 0.15) is 11.9 Å². The van der Waals surface area contributed by atoms with Gasteiger partial charge in [0, 0.05) is 18.1 Å². The van der Waals surface area contributed by atoms with Crippen molar-refractivity contribution in [2.24, 2.45) is 0 Å². The summed E-state index contributed by atoms with van der Waals surface area (Å²) in [7, 11) is 0. The van der Waals surface area contributed by atoms with E-state index in [9.17, 15) is 18.0 Å². The fourth-order valence-corrected chi connectivity index (χ4v) is 3.79. The monoisotopic (exact) mass is 474 g/mol. The van der Waals surface area contributed by atoms with Crippen molar-refractivity contribution >= 4 is 17.5 Å². The third kappa shape index (κ3) is 6.11. The molecule has 0 spiro atoms. The zero-order valence-electron chi connectivity index (χ0n) is 17.0. The number of likely N-dealkylation sites (tertiary alicyclic amines) is 1. The second-order valence-electron chi connectivity index (χ2n) is 7.89. The van der Waals surface area contributed by atoms with Crippen LogP contribution in [0.2, 0.25) is 5.02 Å². The highest BCUT2D eigenvalue weighted by atomic mass is 35.5. The number of nitrogens with zero attached hydrogens (tertiary/aromatic N) is 3. The zero-order valence-corrected chi connectivity index (χ0v) is 17.7. The molecule has 2 aliphatic heterocycles. The van der Waals surface area contributed by atoms with E-state index in [0.717, 1.165) is 0 Å². The average molecular weight is 475 g/mol.